The van der Waals surface area contributed by atoms with Gasteiger partial charge in [-0.15, -0.1) is 11.8 Å². The van der Waals surface area contributed by atoms with Crippen molar-refractivity contribution in [3.05, 3.63) is 53.1 Å². The number of hydrogen-bond acceptors (Lipinski definition) is 4. The van der Waals surface area contributed by atoms with Crippen LogP contribution in [0.4, 0.5) is 0 Å². The molecule has 0 aromatic carbocycles. The van der Waals surface area contributed by atoms with E-state index in [4.69, 9.17) is 16.7 Å². The molecule has 2 aromatic heterocycles. The lowest BCUT2D eigenvalue weighted by Crippen LogP contribution is -1.99. The van der Waals surface area contributed by atoms with Gasteiger partial charge in [-0.3, -0.25) is 4.98 Å². The second-order valence-electron chi connectivity index (χ2n) is 3.44. The zero-order valence-electron chi connectivity index (χ0n) is 9.21. The number of carbonyl (C=O) groups is 1. The maximum Gasteiger partial charge on any atom is 0.354 e. The van der Waals surface area contributed by atoms with Crippen LogP contribution in [0.25, 0.3) is 0 Å². The minimum Gasteiger partial charge on any atom is -0.477 e. The van der Waals surface area contributed by atoms with E-state index < -0.39 is 5.97 Å². The minimum absolute atomic E-state index is 0.0424. The van der Waals surface area contributed by atoms with Crippen LogP contribution in [0.15, 0.2) is 41.7 Å². The summed E-state index contributed by atoms with van der Waals surface area (Å²) in [5.74, 6) is -0.371. The van der Waals surface area contributed by atoms with E-state index in [1.807, 2.05) is 6.07 Å². The van der Waals surface area contributed by atoms with Crippen LogP contribution in [-0.2, 0) is 5.75 Å². The standard InChI is InChI=1S/C12H9ClN2O2S/c13-10-6-14-3-1-8(10)7-18-9-2-4-15-11(5-9)12(16)17/h1-6H,7H2,(H,16,17). The number of halogens is 1. The summed E-state index contributed by atoms with van der Waals surface area (Å²) < 4.78 is 0. The van der Waals surface area contributed by atoms with E-state index >= 15 is 0 Å². The molecule has 0 bridgehead atoms. The quantitative estimate of drug-likeness (QED) is 0.872. The largest absolute Gasteiger partial charge is 0.477 e. The fraction of sp³-hybridized carbons (Fsp3) is 0.0833. The van der Waals surface area contributed by atoms with Gasteiger partial charge in [0.2, 0.25) is 0 Å². The minimum atomic E-state index is -1.03. The first kappa shape index (κ1) is 12.9. The molecule has 0 aliphatic heterocycles. The second kappa shape index (κ2) is 5.84. The first-order chi connectivity index (χ1) is 8.66. The van der Waals surface area contributed by atoms with Crippen LogP contribution in [0.5, 0.6) is 0 Å². The maximum absolute atomic E-state index is 10.8. The molecule has 0 atom stereocenters. The number of hydrogen-bond donors (Lipinski definition) is 1. The third kappa shape index (κ3) is 3.21. The van der Waals surface area contributed by atoms with Gasteiger partial charge in [-0.1, -0.05) is 11.6 Å². The Bertz CT molecular complexity index is 578. The van der Waals surface area contributed by atoms with Crippen molar-refractivity contribution in [1.82, 2.24) is 9.97 Å². The van der Waals surface area contributed by atoms with E-state index in [0.29, 0.717) is 10.8 Å². The highest BCUT2D eigenvalue weighted by Crippen LogP contribution is 2.26. The van der Waals surface area contributed by atoms with Crippen LogP contribution in [-0.4, -0.2) is 21.0 Å². The summed E-state index contributed by atoms with van der Waals surface area (Å²) in [5, 5.41) is 9.45. The van der Waals surface area contributed by atoms with Gasteiger partial charge in [-0.25, -0.2) is 9.78 Å². The smallest absolute Gasteiger partial charge is 0.354 e. The lowest BCUT2D eigenvalue weighted by Gasteiger charge is -2.04. The fourth-order valence-corrected chi connectivity index (χ4v) is 2.49. The molecule has 18 heavy (non-hydrogen) atoms. The lowest BCUT2D eigenvalue weighted by molar-refractivity contribution is 0.0690. The van der Waals surface area contributed by atoms with Crippen molar-refractivity contribution >= 4 is 29.3 Å². The molecule has 0 aliphatic rings. The summed E-state index contributed by atoms with van der Waals surface area (Å²) in [4.78, 5) is 19.3. The molecule has 6 heteroatoms. The Kier molecular flexibility index (Phi) is 4.17. The highest BCUT2D eigenvalue weighted by Gasteiger charge is 2.06. The molecule has 0 saturated carbocycles. The highest BCUT2D eigenvalue weighted by atomic mass is 35.5. The molecule has 0 radical (unpaired) electrons. The number of nitrogens with zero attached hydrogens (tertiary/aromatic N) is 2. The average molecular weight is 281 g/mol. The topological polar surface area (TPSA) is 63.1 Å². The molecular formula is C12H9ClN2O2S. The summed E-state index contributed by atoms with van der Waals surface area (Å²) in [7, 11) is 0. The molecule has 0 spiro atoms. The molecule has 92 valence electrons. The molecule has 2 rings (SSSR count). The van der Waals surface area contributed by atoms with Gasteiger partial charge in [0.1, 0.15) is 5.69 Å². The SMILES string of the molecule is O=C(O)c1cc(SCc2ccncc2Cl)ccn1. The number of carboxylic acid groups (broad SMARTS) is 1. The van der Waals surface area contributed by atoms with E-state index in [2.05, 4.69) is 9.97 Å². The summed E-state index contributed by atoms with van der Waals surface area (Å²) in [6, 6.07) is 5.16. The van der Waals surface area contributed by atoms with E-state index in [-0.39, 0.29) is 5.69 Å². The van der Waals surface area contributed by atoms with E-state index in [0.717, 1.165) is 10.5 Å². The van der Waals surface area contributed by atoms with Crippen molar-refractivity contribution in [3.8, 4) is 0 Å². The number of rotatable bonds is 4. The van der Waals surface area contributed by atoms with Crippen LogP contribution in [0.3, 0.4) is 0 Å². The Balaban J connectivity index is 2.09. The zero-order valence-corrected chi connectivity index (χ0v) is 10.8. The first-order valence-electron chi connectivity index (χ1n) is 5.07. The van der Waals surface area contributed by atoms with Crippen molar-refractivity contribution < 1.29 is 9.90 Å². The third-order valence-corrected chi connectivity index (χ3v) is 3.58. The Hall–Kier alpha value is -1.59. The molecule has 4 nitrogen and oxygen atoms in total. The molecular weight excluding hydrogens is 272 g/mol. The van der Waals surface area contributed by atoms with Crippen LogP contribution in [0, 0.1) is 0 Å². The van der Waals surface area contributed by atoms with Gasteiger partial charge in [0, 0.05) is 29.2 Å². The number of carboxylic acids is 1. The van der Waals surface area contributed by atoms with E-state index in [1.165, 1.54) is 18.0 Å². The fourth-order valence-electron chi connectivity index (χ4n) is 1.30. The molecule has 1 N–H and O–H groups in total. The molecule has 0 fully saturated rings. The summed E-state index contributed by atoms with van der Waals surface area (Å²) in [5.41, 5.74) is 1.01. The van der Waals surface area contributed by atoms with Crippen molar-refractivity contribution in [3.63, 3.8) is 0 Å². The van der Waals surface area contributed by atoms with Gasteiger partial charge in [0.05, 0.1) is 5.02 Å². The van der Waals surface area contributed by atoms with Crippen LogP contribution in [0.2, 0.25) is 5.02 Å². The number of aromatic carboxylic acids is 1. The number of thioether (sulfide) groups is 1. The maximum atomic E-state index is 10.8. The van der Waals surface area contributed by atoms with Crippen LogP contribution >= 0.6 is 23.4 Å². The van der Waals surface area contributed by atoms with Crippen LogP contribution in [0.1, 0.15) is 16.1 Å². The average Bonchev–Trinajstić information content (AvgIpc) is 2.38. The lowest BCUT2D eigenvalue weighted by atomic mass is 10.3. The molecule has 2 aromatic rings. The predicted molar refractivity (Wildman–Crippen MR) is 70.0 cm³/mol. The van der Waals surface area contributed by atoms with Gasteiger partial charge in [0.15, 0.2) is 0 Å². The normalized spacial score (nSPS) is 10.3. The Labute approximate surface area is 113 Å². The van der Waals surface area contributed by atoms with E-state index in [1.54, 1.807) is 24.5 Å². The monoisotopic (exact) mass is 280 g/mol. The zero-order chi connectivity index (χ0) is 13.0. The van der Waals surface area contributed by atoms with Crippen molar-refractivity contribution in [1.29, 1.82) is 0 Å². The van der Waals surface area contributed by atoms with Crippen molar-refractivity contribution in [2.45, 2.75) is 10.6 Å². The highest BCUT2D eigenvalue weighted by molar-refractivity contribution is 7.98. The van der Waals surface area contributed by atoms with Crippen LogP contribution < -0.4 is 0 Å². The number of aromatic nitrogens is 2. The Morgan fingerprint density at radius 1 is 1.39 bits per heavy atom. The van der Waals surface area contributed by atoms with E-state index in [9.17, 15) is 4.79 Å². The molecule has 2 heterocycles. The molecule has 0 aliphatic carbocycles. The summed E-state index contributed by atoms with van der Waals surface area (Å²) >= 11 is 7.49. The van der Waals surface area contributed by atoms with Crippen molar-refractivity contribution in [2.75, 3.05) is 0 Å². The Morgan fingerprint density at radius 2 is 2.22 bits per heavy atom. The van der Waals surface area contributed by atoms with Crippen molar-refractivity contribution in [2.24, 2.45) is 0 Å². The first-order valence-corrected chi connectivity index (χ1v) is 6.43. The van der Waals surface area contributed by atoms with Gasteiger partial charge in [-0.2, -0.15) is 0 Å². The molecule has 0 unspecified atom stereocenters. The third-order valence-electron chi connectivity index (χ3n) is 2.20. The second-order valence-corrected chi connectivity index (χ2v) is 4.89. The molecule has 0 saturated heterocycles. The van der Waals surface area contributed by atoms with Gasteiger partial charge < -0.3 is 5.11 Å². The molecule has 0 amide bonds. The van der Waals surface area contributed by atoms with Gasteiger partial charge in [0.25, 0.3) is 0 Å². The Morgan fingerprint density at radius 3 is 2.94 bits per heavy atom. The van der Waals surface area contributed by atoms with Gasteiger partial charge >= 0.3 is 5.97 Å². The summed E-state index contributed by atoms with van der Waals surface area (Å²) in [6.45, 7) is 0. The summed E-state index contributed by atoms with van der Waals surface area (Å²) in [6.07, 6.45) is 4.75. The number of pyridine rings is 2. The van der Waals surface area contributed by atoms with Gasteiger partial charge in [-0.05, 0) is 23.8 Å². The predicted octanol–water partition coefficient (Wildman–Crippen LogP) is 3.12.